The molecule has 0 spiro atoms. The number of ether oxygens (including phenoxy) is 1. The topological polar surface area (TPSA) is 9.23 Å². The summed E-state index contributed by atoms with van der Waals surface area (Å²) < 4.78 is 30.9. The highest BCUT2D eigenvalue weighted by atomic mass is 79.9. The average molecular weight is 265 g/mol. The van der Waals surface area contributed by atoms with E-state index in [1.165, 1.54) is 7.11 Å². The van der Waals surface area contributed by atoms with Gasteiger partial charge in [0.1, 0.15) is 0 Å². The van der Waals surface area contributed by atoms with Crippen LogP contribution < -0.4 is 4.74 Å². The van der Waals surface area contributed by atoms with Gasteiger partial charge in [0.15, 0.2) is 11.6 Å². The molecule has 1 aromatic carbocycles. The molecule has 0 aliphatic heterocycles. The number of rotatable bonds is 3. The predicted molar refractivity (Wildman–Crippen MR) is 55.1 cm³/mol. The van der Waals surface area contributed by atoms with Crippen molar-refractivity contribution in [2.75, 3.05) is 12.4 Å². The van der Waals surface area contributed by atoms with Crippen molar-refractivity contribution >= 4 is 15.9 Å². The fourth-order valence-electron chi connectivity index (χ4n) is 1.23. The van der Waals surface area contributed by atoms with E-state index in [2.05, 4.69) is 15.9 Å². The van der Waals surface area contributed by atoms with Crippen LogP contribution in [0.5, 0.6) is 5.75 Å². The predicted octanol–water partition coefficient (Wildman–Crippen LogP) is 3.47. The van der Waals surface area contributed by atoms with E-state index < -0.39 is 11.6 Å². The number of hydrogen-bond donors (Lipinski definition) is 0. The van der Waals surface area contributed by atoms with Crippen LogP contribution in [0.15, 0.2) is 12.1 Å². The van der Waals surface area contributed by atoms with Gasteiger partial charge in [-0.3, -0.25) is 0 Å². The molecule has 4 heteroatoms. The molecule has 0 fully saturated rings. The van der Waals surface area contributed by atoms with E-state index in [9.17, 15) is 8.78 Å². The van der Waals surface area contributed by atoms with Crippen LogP contribution in [-0.2, 0) is 0 Å². The lowest BCUT2D eigenvalue weighted by Crippen LogP contribution is -2.02. The molecule has 0 heterocycles. The minimum Gasteiger partial charge on any atom is -0.493 e. The summed E-state index contributed by atoms with van der Waals surface area (Å²) in [6.45, 7) is 1.91. The zero-order valence-electron chi connectivity index (χ0n) is 7.98. The smallest absolute Gasteiger partial charge is 0.200 e. The first-order valence-electron chi connectivity index (χ1n) is 4.19. The van der Waals surface area contributed by atoms with Crippen molar-refractivity contribution in [3.63, 3.8) is 0 Å². The van der Waals surface area contributed by atoms with E-state index >= 15 is 0 Å². The largest absolute Gasteiger partial charge is 0.493 e. The van der Waals surface area contributed by atoms with E-state index in [0.29, 0.717) is 10.9 Å². The minimum atomic E-state index is -0.919. The lowest BCUT2D eigenvalue weighted by molar-refractivity contribution is 0.365. The first-order valence-corrected chi connectivity index (χ1v) is 5.31. The average Bonchev–Trinajstić information content (AvgIpc) is 2.20. The SMILES string of the molecule is COc1c(C(C)CBr)ccc(F)c1F. The molecule has 1 rings (SSSR count). The van der Waals surface area contributed by atoms with Crippen LogP contribution in [-0.4, -0.2) is 12.4 Å². The molecule has 0 saturated heterocycles. The summed E-state index contributed by atoms with van der Waals surface area (Å²) in [5, 5.41) is 0.675. The van der Waals surface area contributed by atoms with Gasteiger partial charge in [-0.15, -0.1) is 0 Å². The van der Waals surface area contributed by atoms with Crippen molar-refractivity contribution in [1.82, 2.24) is 0 Å². The van der Waals surface area contributed by atoms with E-state index in [0.717, 1.165) is 6.07 Å². The molecule has 0 aromatic heterocycles. The van der Waals surface area contributed by atoms with Crippen molar-refractivity contribution in [3.05, 3.63) is 29.3 Å². The molecule has 1 nitrogen and oxygen atoms in total. The third-order valence-electron chi connectivity index (χ3n) is 2.05. The summed E-state index contributed by atoms with van der Waals surface area (Å²) in [4.78, 5) is 0. The quantitative estimate of drug-likeness (QED) is 0.760. The molecule has 0 aliphatic carbocycles. The van der Waals surface area contributed by atoms with Crippen LogP contribution in [0.1, 0.15) is 18.4 Å². The van der Waals surface area contributed by atoms with Crippen LogP contribution >= 0.6 is 15.9 Å². The fourth-order valence-corrected chi connectivity index (χ4v) is 1.57. The van der Waals surface area contributed by atoms with Crippen molar-refractivity contribution in [1.29, 1.82) is 0 Å². The van der Waals surface area contributed by atoms with Crippen LogP contribution in [0.25, 0.3) is 0 Å². The number of benzene rings is 1. The Morgan fingerprint density at radius 2 is 2.07 bits per heavy atom. The van der Waals surface area contributed by atoms with E-state index in [-0.39, 0.29) is 11.7 Å². The third-order valence-corrected chi connectivity index (χ3v) is 3.02. The molecule has 1 aromatic rings. The molecule has 14 heavy (non-hydrogen) atoms. The molecule has 1 unspecified atom stereocenters. The number of methoxy groups -OCH3 is 1. The second kappa shape index (κ2) is 4.73. The number of hydrogen-bond acceptors (Lipinski definition) is 1. The molecule has 0 amide bonds. The van der Waals surface area contributed by atoms with Crippen molar-refractivity contribution in [3.8, 4) is 5.75 Å². The van der Waals surface area contributed by atoms with Gasteiger partial charge in [0.2, 0.25) is 5.82 Å². The number of alkyl halides is 1. The summed E-state index contributed by atoms with van der Waals surface area (Å²) >= 11 is 3.29. The summed E-state index contributed by atoms with van der Waals surface area (Å²) in [5.41, 5.74) is 0.670. The van der Waals surface area contributed by atoms with E-state index in [4.69, 9.17) is 4.74 Å². The molecule has 0 bridgehead atoms. The summed E-state index contributed by atoms with van der Waals surface area (Å²) in [7, 11) is 1.34. The molecule has 0 N–H and O–H groups in total. The summed E-state index contributed by atoms with van der Waals surface area (Å²) in [6, 6.07) is 2.66. The van der Waals surface area contributed by atoms with Gasteiger partial charge < -0.3 is 4.74 Å². The molecule has 0 radical (unpaired) electrons. The van der Waals surface area contributed by atoms with Crippen LogP contribution in [0.4, 0.5) is 8.78 Å². The van der Waals surface area contributed by atoms with Crippen LogP contribution in [0, 0.1) is 11.6 Å². The Morgan fingerprint density at radius 1 is 1.43 bits per heavy atom. The highest BCUT2D eigenvalue weighted by Crippen LogP contribution is 2.31. The zero-order chi connectivity index (χ0) is 10.7. The van der Waals surface area contributed by atoms with Gasteiger partial charge in [-0.2, -0.15) is 4.39 Å². The van der Waals surface area contributed by atoms with E-state index in [1.54, 1.807) is 6.07 Å². The Balaban J connectivity index is 3.23. The van der Waals surface area contributed by atoms with E-state index in [1.807, 2.05) is 6.92 Å². The second-order valence-corrected chi connectivity index (χ2v) is 3.69. The molecule has 78 valence electrons. The van der Waals surface area contributed by atoms with Gasteiger partial charge in [0.05, 0.1) is 7.11 Å². The third kappa shape index (κ3) is 2.05. The molecule has 0 saturated carbocycles. The number of halogens is 3. The van der Waals surface area contributed by atoms with Crippen LogP contribution in [0.2, 0.25) is 0 Å². The summed E-state index contributed by atoms with van der Waals surface area (Å²) in [6.07, 6.45) is 0. The highest BCUT2D eigenvalue weighted by molar-refractivity contribution is 9.09. The van der Waals surface area contributed by atoms with Gasteiger partial charge in [-0.1, -0.05) is 28.9 Å². The van der Waals surface area contributed by atoms with Gasteiger partial charge in [-0.25, -0.2) is 4.39 Å². The summed E-state index contributed by atoms with van der Waals surface area (Å²) in [5.74, 6) is -1.72. The monoisotopic (exact) mass is 264 g/mol. The van der Waals surface area contributed by atoms with Gasteiger partial charge >= 0.3 is 0 Å². The standard InChI is InChI=1S/C10H11BrF2O/c1-6(5-11)7-3-4-8(12)9(13)10(7)14-2/h3-4,6H,5H2,1-2H3. The van der Waals surface area contributed by atoms with Crippen LogP contribution in [0.3, 0.4) is 0 Å². The Bertz CT molecular complexity index is 328. The van der Waals surface area contributed by atoms with Gasteiger partial charge in [0.25, 0.3) is 0 Å². The van der Waals surface area contributed by atoms with Crippen molar-refractivity contribution in [2.45, 2.75) is 12.8 Å². The van der Waals surface area contributed by atoms with Crippen molar-refractivity contribution < 1.29 is 13.5 Å². The normalized spacial score (nSPS) is 12.6. The Morgan fingerprint density at radius 3 is 2.57 bits per heavy atom. The molecule has 1 atom stereocenters. The first kappa shape index (κ1) is 11.4. The minimum absolute atomic E-state index is 0.00282. The van der Waals surface area contributed by atoms with Crippen molar-refractivity contribution in [2.24, 2.45) is 0 Å². The Kier molecular flexibility index (Phi) is 3.86. The molecular formula is C10H11BrF2O. The highest BCUT2D eigenvalue weighted by Gasteiger charge is 2.17. The Labute approximate surface area is 90.2 Å². The lowest BCUT2D eigenvalue weighted by atomic mass is 10.0. The maximum absolute atomic E-state index is 13.2. The maximum Gasteiger partial charge on any atom is 0.200 e. The Hall–Kier alpha value is -0.640. The second-order valence-electron chi connectivity index (χ2n) is 3.04. The fraction of sp³-hybridized carbons (Fsp3) is 0.400. The van der Waals surface area contributed by atoms with Gasteiger partial charge in [-0.05, 0) is 12.0 Å². The lowest BCUT2D eigenvalue weighted by Gasteiger charge is -2.13. The molecule has 0 aliphatic rings. The maximum atomic E-state index is 13.2. The molecular weight excluding hydrogens is 254 g/mol. The first-order chi connectivity index (χ1) is 6.61. The zero-order valence-corrected chi connectivity index (χ0v) is 9.57. The van der Waals surface area contributed by atoms with Gasteiger partial charge in [0, 0.05) is 10.9 Å².